The van der Waals surface area contributed by atoms with Crippen LogP contribution < -0.4 is 9.47 Å². The van der Waals surface area contributed by atoms with Crippen molar-refractivity contribution < 1.29 is 23.4 Å². The van der Waals surface area contributed by atoms with Crippen molar-refractivity contribution in [3.05, 3.63) is 58.4 Å². The van der Waals surface area contributed by atoms with Crippen molar-refractivity contribution in [2.45, 2.75) is 20.5 Å². The van der Waals surface area contributed by atoms with E-state index in [0.717, 1.165) is 0 Å². The lowest BCUT2D eigenvalue weighted by atomic mass is 10.2. The highest BCUT2D eigenvalue weighted by Gasteiger charge is 2.17. The van der Waals surface area contributed by atoms with Crippen molar-refractivity contribution in [3.8, 4) is 11.5 Å². The van der Waals surface area contributed by atoms with E-state index in [0.29, 0.717) is 17.9 Å². The topological polar surface area (TPSA) is 44.8 Å². The Bertz CT molecular complexity index is 718. The van der Waals surface area contributed by atoms with Crippen LogP contribution in [0.25, 0.3) is 0 Å². The third-order valence-corrected chi connectivity index (χ3v) is 3.43. The Hall–Kier alpha value is -2.27. The van der Waals surface area contributed by atoms with Crippen LogP contribution in [0.15, 0.2) is 36.4 Å². The van der Waals surface area contributed by atoms with Gasteiger partial charge in [0.05, 0.1) is 23.8 Å². The lowest BCUT2D eigenvalue weighted by molar-refractivity contribution is 0.0525. The predicted molar refractivity (Wildman–Crippen MR) is 89.3 cm³/mol. The smallest absolute Gasteiger partial charge is 0.338 e. The Labute approximate surface area is 145 Å². The molecule has 0 spiro atoms. The minimum absolute atomic E-state index is 0.00871. The molecule has 0 N–H and O–H groups in total. The number of esters is 1. The number of halogens is 2. The molecular weight excluding hydrogens is 335 g/mol. The van der Waals surface area contributed by atoms with Crippen LogP contribution in [0.3, 0.4) is 0 Å². The molecule has 0 saturated carbocycles. The molecule has 0 fully saturated rings. The molecule has 128 valence electrons. The fourth-order valence-electron chi connectivity index (χ4n) is 2.07. The normalized spacial score (nSPS) is 10.3. The maximum atomic E-state index is 13.7. The van der Waals surface area contributed by atoms with E-state index in [1.54, 1.807) is 32.0 Å². The Morgan fingerprint density at radius 2 is 1.88 bits per heavy atom. The zero-order chi connectivity index (χ0) is 17.5. The van der Waals surface area contributed by atoms with E-state index in [-0.39, 0.29) is 35.4 Å². The van der Waals surface area contributed by atoms with Crippen molar-refractivity contribution in [2.75, 3.05) is 13.2 Å². The summed E-state index contributed by atoms with van der Waals surface area (Å²) in [6.45, 7) is 4.12. The van der Waals surface area contributed by atoms with Gasteiger partial charge in [-0.25, -0.2) is 9.18 Å². The molecule has 0 aliphatic rings. The third-order valence-electron chi connectivity index (χ3n) is 3.15. The average Bonchev–Trinajstić information content (AvgIpc) is 2.56. The van der Waals surface area contributed by atoms with Gasteiger partial charge in [-0.1, -0.05) is 29.8 Å². The van der Waals surface area contributed by atoms with E-state index in [4.69, 9.17) is 25.8 Å². The molecule has 2 rings (SSSR count). The Balaban J connectivity index is 2.28. The maximum Gasteiger partial charge on any atom is 0.338 e. The highest BCUT2D eigenvalue weighted by atomic mass is 35.5. The van der Waals surface area contributed by atoms with Crippen molar-refractivity contribution in [3.63, 3.8) is 0 Å². The number of hydrogen-bond donors (Lipinski definition) is 0. The van der Waals surface area contributed by atoms with Crippen molar-refractivity contribution >= 4 is 17.6 Å². The van der Waals surface area contributed by atoms with Crippen LogP contribution in [0.5, 0.6) is 11.5 Å². The molecule has 2 aromatic carbocycles. The Morgan fingerprint density at radius 1 is 1.12 bits per heavy atom. The standard InChI is InChI=1S/C18H18ClFO4/c1-3-22-16-10-13(18(21)23-4-2)9-14(19)17(16)24-11-12-7-5-6-8-15(12)20/h5-10H,3-4,11H2,1-2H3. The quantitative estimate of drug-likeness (QED) is 0.681. The monoisotopic (exact) mass is 352 g/mol. The van der Waals surface area contributed by atoms with E-state index < -0.39 is 5.97 Å². The summed E-state index contributed by atoms with van der Waals surface area (Å²) in [5, 5.41) is 0.195. The molecule has 0 amide bonds. The van der Waals surface area contributed by atoms with Crippen LogP contribution in [-0.4, -0.2) is 19.2 Å². The molecule has 0 atom stereocenters. The summed E-state index contributed by atoms with van der Waals surface area (Å²) in [4.78, 5) is 11.9. The first-order valence-corrected chi connectivity index (χ1v) is 7.94. The van der Waals surface area contributed by atoms with E-state index in [9.17, 15) is 9.18 Å². The molecule has 0 saturated heterocycles. The van der Waals surface area contributed by atoms with Gasteiger partial charge in [0.15, 0.2) is 11.5 Å². The Kier molecular flexibility index (Phi) is 6.44. The zero-order valence-electron chi connectivity index (χ0n) is 13.5. The number of benzene rings is 2. The summed E-state index contributed by atoms with van der Waals surface area (Å²) in [6, 6.07) is 9.25. The minimum atomic E-state index is -0.499. The molecule has 0 bridgehead atoms. The summed E-state index contributed by atoms with van der Waals surface area (Å²) >= 11 is 6.21. The van der Waals surface area contributed by atoms with Crippen LogP contribution >= 0.6 is 11.6 Å². The molecule has 0 aliphatic carbocycles. The number of carbonyl (C=O) groups is 1. The first-order valence-electron chi connectivity index (χ1n) is 7.56. The van der Waals surface area contributed by atoms with Gasteiger partial charge >= 0.3 is 5.97 Å². The lowest BCUT2D eigenvalue weighted by Gasteiger charge is -2.15. The molecule has 0 radical (unpaired) electrons. The summed E-state index contributed by atoms with van der Waals surface area (Å²) in [6.07, 6.45) is 0. The second kappa shape index (κ2) is 8.55. The summed E-state index contributed by atoms with van der Waals surface area (Å²) < 4.78 is 29.8. The number of rotatable bonds is 7. The predicted octanol–water partition coefficient (Wildman–Crippen LogP) is 4.63. The van der Waals surface area contributed by atoms with Gasteiger partial charge in [-0.15, -0.1) is 0 Å². The van der Waals surface area contributed by atoms with Gasteiger partial charge in [0, 0.05) is 5.56 Å². The molecule has 0 heterocycles. The minimum Gasteiger partial charge on any atom is -0.490 e. The van der Waals surface area contributed by atoms with Gasteiger partial charge < -0.3 is 14.2 Å². The van der Waals surface area contributed by atoms with Crippen LogP contribution in [0.2, 0.25) is 5.02 Å². The zero-order valence-corrected chi connectivity index (χ0v) is 14.2. The van der Waals surface area contributed by atoms with Crippen molar-refractivity contribution in [1.82, 2.24) is 0 Å². The largest absolute Gasteiger partial charge is 0.490 e. The highest BCUT2D eigenvalue weighted by molar-refractivity contribution is 6.32. The summed E-state index contributed by atoms with van der Waals surface area (Å²) in [7, 11) is 0. The van der Waals surface area contributed by atoms with E-state index in [1.807, 2.05) is 0 Å². The molecule has 2 aromatic rings. The van der Waals surface area contributed by atoms with Gasteiger partial charge in [0.25, 0.3) is 0 Å². The first-order chi connectivity index (χ1) is 11.6. The molecule has 0 unspecified atom stereocenters. The van der Waals surface area contributed by atoms with E-state index in [2.05, 4.69) is 0 Å². The van der Waals surface area contributed by atoms with Crippen molar-refractivity contribution in [1.29, 1.82) is 0 Å². The second-order valence-corrected chi connectivity index (χ2v) is 5.23. The van der Waals surface area contributed by atoms with Gasteiger partial charge in [0.2, 0.25) is 0 Å². The summed E-state index contributed by atoms with van der Waals surface area (Å²) in [5.74, 6) is -0.296. The number of ether oxygens (including phenoxy) is 3. The molecule has 0 aliphatic heterocycles. The van der Waals surface area contributed by atoms with Gasteiger partial charge in [-0.2, -0.15) is 0 Å². The molecule has 6 heteroatoms. The van der Waals surface area contributed by atoms with Gasteiger partial charge in [-0.05, 0) is 32.0 Å². The molecule has 24 heavy (non-hydrogen) atoms. The molecular formula is C18H18ClFO4. The third kappa shape index (κ3) is 4.38. The lowest BCUT2D eigenvalue weighted by Crippen LogP contribution is -2.07. The number of hydrogen-bond acceptors (Lipinski definition) is 4. The molecule has 4 nitrogen and oxygen atoms in total. The fraction of sp³-hybridized carbons (Fsp3) is 0.278. The average molecular weight is 353 g/mol. The van der Waals surface area contributed by atoms with Gasteiger partial charge in [0.1, 0.15) is 12.4 Å². The van der Waals surface area contributed by atoms with Crippen LogP contribution in [0.1, 0.15) is 29.8 Å². The van der Waals surface area contributed by atoms with E-state index in [1.165, 1.54) is 18.2 Å². The van der Waals surface area contributed by atoms with E-state index >= 15 is 0 Å². The Morgan fingerprint density at radius 3 is 2.54 bits per heavy atom. The van der Waals surface area contributed by atoms with Crippen LogP contribution in [0.4, 0.5) is 4.39 Å². The fourth-order valence-corrected chi connectivity index (χ4v) is 2.33. The van der Waals surface area contributed by atoms with Crippen molar-refractivity contribution in [2.24, 2.45) is 0 Å². The SMILES string of the molecule is CCOC(=O)c1cc(Cl)c(OCc2ccccc2F)c(OCC)c1. The van der Waals surface area contributed by atoms with Crippen LogP contribution in [0, 0.1) is 5.82 Å². The maximum absolute atomic E-state index is 13.7. The highest BCUT2D eigenvalue weighted by Crippen LogP contribution is 2.37. The van der Waals surface area contributed by atoms with Crippen LogP contribution in [-0.2, 0) is 11.3 Å². The first kappa shape index (κ1) is 18.1. The summed E-state index contributed by atoms with van der Waals surface area (Å²) in [5.41, 5.74) is 0.661. The molecule has 0 aromatic heterocycles. The number of carbonyl (C=O) groups excluding carboxylic acids is 1. The second-order valence-electron chi connectivity index (χ2n) is 4.82. The van der Waals surface area contributed by atoms with Gasteiger partial charge in [-0.3, -0.25) is 0 Å².